The van der Waals surface area contributed by atoms with Crippen molar-refractivity contribution in [1.82, 2.24) is 5.32 Å². The summed E-state index contributed by atoms with van der Waals surface area (Å²) in [7, 11) is 1.44. The van der Waals surface area contributed by atoms with Gasteiger partial charge in [-0.05, 0) is 25.8 Å². The summed E-state index contributed by atoms with van der Waals surface area (Å²) in [6.07, 6.45) is 3.47. The summed E-state index contributed by atoms with van der Waals surface area (Å²) in [6.45, 7) is 5.77. The molecule has 0 amide bonds. The van der Waals surface area contributed by atoms with E-state index in [1.807, 2.05) is 0 Å². The summed E-state index contributed by atoms with van der Waals surface area (Å²) >= 11 is 0. The van der Waals surface area contributed by atoms with Gasteiger partial charge in [-0.25, -0.2) is 0 Å². The molecule has 0 saturated carbocycles. The second-order valence-electron chi connectivity index (χ2n) is 4.42. The molecule has 1 N–H and O–H groups in total. The van der Waals surface area contributed by atoms with Crippen LogP contribution in [0.3, 0.4) is 0 Å². The van der Waals surface area contributed by atoms with E-state index in [0.29, 0.717) is 6.42 Å². The fourth-order valence-corrected chi connectivity index (χ4v) is 2.39. The normalized spacial score (nSPS) is 30.1. The minimum Gasteiger partial charge on any atom is -0.469 e. The highest BCUT2D eigenvalue weighted by Gasteiger charge is 2.37. The van der Waals surface area contributed by atoms with E-state index in [2.05, 4.69) is 19.2 Å². The Morgan fingerprint density at radius 2 is 2.31 bits per heavy atom. The van der Waals surface area contributed by atoms with Crippen LogP contribution in [0.4, 0.5) is 0 Å². The maximum atomic E-state index is 11.5. The van der Waals surface area contributed by atoms with Crippen LogP contribution in [0.1, 0.15) is 39.5 Å². The fraction of sp³-hybridized carbons (Fsp3) is 0.917. The summed E-state index contributed by atoms with van der Waals surface area (Å²) in [5.74, 6) is -0.141. The molecule has 1 aliphatic heterocycles. The first-order valence-electron chi connectivity index (χ1n) is 6.09. The lowest BCUT2D eigenvalue weighted by molar-refractivity contribution is -0.144. The lowest BCUT2D eigenvalue weighted by atomic mass is 9.83. The molecule has 0 radical (unpaired) electrons. The summed E-state index contributed by atoms with van der Waals surface area (Å²) in [6, 6.07) is 0. The molecule has 4 heteroatoms. The zero-order valence-electron chi connectivity index (χ0n) is 10.5. The van der Waals surface area contributed by atoms with Crippen LogP contribution in [0.15, 0.2) is 0 Å². The molecule has 0 bridgehead atoms. The quantitative estimate of drug-likeness (QED) is 0.726. The number of carbonyl (C=O) groups is 1. The highest BCUT2D eigenvalue weighted by atomic mass is 16.5. The van der Waals surface area contributed by atoms with E-state index >= 15 is 0 Å². The van der Waals surface area contributed by atoms with Crippen molar-refractivity contribution in [3.63, 3.8) is 0 Å². The van der Waals surface area contributed by atoms with Gasteiger partial charge in [0.05, 0.1) is 19.6 Å². The third kappa shape index (κ3) is 3.46. The van der Waals surface area contributed by atoms with Crippen LogP contribution >= 0.6 is 0 Å². The Kier molecular flexibility index (Phi) is 5.22. The molecule has 16 heavy (non-hydrogen) atoms. The topological polar surface area (TPSA) is 47.6 Å². The first-order valence-corrected chi connectivity index (χ1v) is 6.09. The Hall–Kier alpha value is -0.610. The summed E-state index contributed by atoms with van der Waals surface area (Å²) in [5.41, 5.74) is -0.124. The maximum absolute atomic E-state index is 11.5. The number of rotatable bonds is 5. The van der Waals surface area contributed by atoms with Gasteiger partial charge >= 0.3 is 5.97 Å². The van der Waals surface area contributed by atoms with Crippen LogP contribution in [0, 0.1) is 0 Å². The van der Waals surface area contributed by atoms with Gasteiger partial charge in [0.1, 0.15) is 0 Å². The third-order valence-electron chi connectivity index (χ3n) is 3.27. The van der Waals surface area contributed by atoms with Crippen molar-refractivity contribution in [2.75, 3.05) is 20.3 Å². The van der Waals surface area contributed by atoms with Crippen molar-refractivity contribution in [3.8, 4) is 0 Å². The molecule has 0 aromatic rings. The number of hydrogen-bond donors (Lipinski definition) is 1. The average Bonchev–Trinajstić information content (AvgIpc) is 2.29. The summed E-state index contributed by atoms with van der Waals surface area (Å²) in [5, 5.41) is 3.45. The number of carbonyl (C=O) groups excluding carboxylic acids is 1. The van der Waals surface area contributed by atoms with E-state index in [4.69, 9.17) is 9.47 Å². The molecule has 4 nitrogen and oxygen atoms in total. The van der Waals surface area contributed by atoms with E-state index < -0.39 is 0 Å². The Bertz CT molecular complexity index is 228. The fourth-order valence-electron chi connectivity index (χ4n) is 2.39. The molecule has 1 fully saturated rings. The molecule has 2 atom stereocenters. The molecule has 0 spiro atoms. The van der Waals surface area contributed by atoms with Crippen molar-refractivity contribution in [2.24, 2.45) is 0 Å². The van der Waals surface area contributed by atoms with Gasteiger partial charge in [0.15, 0.2) is 0 Å². The molecular formula is C12H23NO3. The Morgan fingerprint density at radius 3 is 2.88 bits per heavy atom. The van der Waals surface area contributed by atoms with Crippen LogP contribution in [-0.4, -0.2) is 37.9 Å². The first-order chi connectivity index (χ1) is 7.65. The van der Waals surface area contributed by atoms with Crippen LogP contribution in [0.5, 0.6) is 0 Å². The largest absolute Gasteiger partial charge is 0.469 e. The van der Waals surface area contributed by atoms with Gasteiger partial charge in [-0.2, -0.15) is 0 Å². The van der Waals surface area contributed by atoms with Gasteiger partial charge in [0, 0.05) is 12.1 Å². The predicted octanol–water partition coefficient (Wildman–Crippen LogP) is 1.49. The molecule has 0 aromatic heterocycles. The zero-order valence-corrected chi connectivity index (χ0v) is 10.5. The molecule has 94 valence electrons. The molecule has 1 aliphatic rings. The third-order valence-corrected chi connectivity index (χ3v) is 3.27. The van der Waals surface area contributed by atoms with Crippen LogP contribution in [0.25, 0.3) is 0 Å². The van der Waals surface area contributed by atoms with E-state index in [1.54, 1.807) is 0 Å². The lowest BCUT2D eigenvalue weighted by Crippen LogP contribution is -2.53. The van der Waals surface area contributed by atoms with Crippen molar-refractivity contribution in [3.05, 3.63) is 0 Å². The second kappa shape index (κ2) is 6.21. The highest BCUT2D eigenvalue weighted by molar-refractivity contribution is 5.70. The second-order valence-corrected chi connectivity index (χ2v) is 4.42. The highest BCUT2D eigenvalue weighted by Crippen LogP contribution is 2.29. The molecule has 0 aliphatic carbocycles. The molecule has 1 heterocycles. The van der Waals surface area contributed by atoms with Crippen LogP contribution in [0.2, 0.25) is 0 Å². The zero-order chi connectivity index (χ0) is 12.0. The number of esters is 1. The van der Waals surface area contributed by atoms with E-state index in [-0.39, 0.29) is 17.6 Å². The van der Waals surface area contributed by atoms with Gasteiger partial charge in [0.25, 0.3) is 0 Å². The monoisotopic (exact) mass is 229 g/mol. The van der Waals surface area contributed by atoms with Gasteiger partial charge in [-0.15, -0.1) is 0 Å². The lowest BCUT2D eigenvalue weighted by Gasteiger charge is -2.40. The molecule has 1 saturated heterocycles. The number of methoxy groups -OCH3 is 1. The minimum absolute atomic E-state index is 0.124. The average molecular weight is 229 g/mol. The van der Waals surface area contributed by atoms with E-state index in [1.165, 1.54) is 7.11 Å². The van der Waals surface area contributed by atoms with Crippen molar-refractivity contribution >= 4 is 5.97 Å². The van der Waals surface area contributed by atoms with Crippen molar-refractivity contribution < 1.29 is 14.3 Å². The Balaban J connectivity index is 2.66. The summed E-state index contributed by atoms with van der Waals surface area (Å²) in [4.78, 5) is 11.5. The smallest absolute Gasteiger partial charge is 0.307 e. The summed E-state index contributed by atoms with van der Waals surface area (Å²) < 4.78 is 10.4. The molecule has 0 aromatic carbocycles. The molecule has 2 unspecified atom stereocenters. The van der Waals surface area contributed by atoms with E-state index in [0.717, 1.165) is 32.4 Å². The van der Waals surface area contributed by atoms with Crippen LogP contribution < -0.4 is 5.32 Å². The van der Waals surface area contributed by atoms with Gasteiger partial charge < -0.3 is 14.8 Å². The minimum atomic E-state index is -0.141. The van der Waals surface area contributed by atoms with Gasteiger partial charge in [0.2, 0.25) is 0 Å². The van der Waals surface area contributed by atoms with Gasteiger partial charge in [-0.3, -0.25) is 4.79 Å². The maximum Gasteiger partial charge on any atom is 0.307 e. The Morgan fingerprint density at radius 1 is 1.56 bits per heavy atom. The Labute approximate surface area is 97.7 Å². The SMILES string of the molecule is CCNC1(CC(=O)OC)CCOC(CC)C1. The number of nitrogens with one attached hydrogen (secondary N) is 1. The molecular weight excluding hydrogens is 206 g/mol. The standard InChI is InChI=1S/C12H23NO3/c1-4-10-8-12(13-5-2,6-7-16-10)9-11(14)15-3/h10,13H,4-9H2,1-3H3. The van der Waals surface area contributed by atoms with Crippen molar-refractivity contribution in [1.29, 1.82) is 0 Å². The van der Waals surface area contributed by atoms with Gasteiger partial charge in [-0.1, -0.05) is 13.8 Å². The number of ether oxygens (including phenoxy) is 2. The molecule has 1 rings (SSSR count). The first kappa shape index (κ1) is 13.5. The van der Waals surface area contributed by atoms with Crippen molar-refractivity contribution in [2.45, 2.75) is 51.2 Å². The predicted molar refractivity (Wildman–Crippen MR) is 62.3 cm³/mol. The number of hydrogen-bond acceptors (Lipinski definition) is 4. The van der Waals surface area contributed by atoms with Crippen LogP contribution in [-0.2, 0) is 14.3 Å². The van der Waals surface area contributed by atoms with E-state index in [9.17, 15) is 4.79 Å².